The first-order valence-electron chi connectivity index (χ1n) is 6.86. The molecule has 0 bridgehead atoms. The van der Waals surface area contributed by atoms with Gasteiger partial charge in [-0.1, -0.05) is 27.2 Å². The smallest absolute Gasteiger partial charge is 0.216 e. The van der Waals surface area contributed by atoms with Crippen molar-refractivity contribution in [2.24, 2.45) is 11.8 Å². The maximum atomic E-state index is 10.6. The number of hydrogen-bond donors (Lipinski definition) is 2. The molecule has 0 spiro atoms. The fourth-order valence-electron chi connectivity index (χ4n) is 1.82. The average molecular weight is 243 g/mol. The molecule has 3 nitrogen and oxygen atoms in total. The summed E-state index contributed by atoms with van der Waals surface area (Å²) in [4.78, 5) is 10.6. The zero-order valence-electron chi connectivity index (χ0n) is 11.8. The van der Waals surface area contributed by atoms with Crippen molar-refractivity contribution < 1.29 is 9.90 Å². The van der Waals surface area contributed by atoms with Crippen LogP contribution < -0.4 is 5.32 Å². The highest BCUT2D eigenvalue weighted by atomic mass is 16.3. The Morgan fingerprint density at radius 2 is 1.76 bits per heavy atom. The number of aliphatic hydroxyl groups is 1. The lowest BCUT2D eigenvalue weighted by Crippen LogP contribution is -2.22. The zero-order chi connectivity index (χ0) is 13.3. The van der Waals surface area contributed by atoms with Crippen LogP contribution in [0.25, 0.3) is 0 Å². The molecule has 0 saturated carbocycles. The van der Waals surface area contributed by atoms with Crippen molar-refractivity contribution >= 4 is 5.91 Å². The fourth-order valence-corrected chi connectivity index (χ4v) is 1.82. The number of aliphatic hydroxyl groups excluding tert-OH is 1. The Morgan fingerprint density at radius 1 is 1.12 bits per heavy atom. The normalized spacial score (nSPS) is 14.7. The summed E-state index contributed by atoms with van der Waals surface area (Å²) < 4.78 is 0. The second-order valence-corrected chi connectivity index (χ2v) is 5.49. The van der Waals surface area contributed by atoms with Gasteiger partial charge < -0.3 is 10.4 Å². The number of hydrogen-bond acceptors (Lipinski definition) is 2. The van der Waals surface area contributed by atoms with Crippen LogP contribution in [0.2, 0.25) is 0 Å². The van der Waals surface area contributed by atoms with E-state index in [-0.39, 0.29) is 12.0 Å². The molecular weight excluding hydrogens is 214 g/mol. The first-order chi connectivity index (χ1) is 7.93. The van der Waals surface area contributed by atoms with E-state index in [1.807, 2.05) is 0 Å². The maximum Gasteiger partial charge on any atom is 0.216 e. The summed E-state index contributed by atoms with van der Waals surface area (Å²) in [5.41, 5.74) is 0. The number of nitrogens with one attached hydrogen (secondary N) is 1. The lowest BCUT2D eigenvalue weighted by atomic mass is 9.92. The third-order valence-corrected chi connectivity index (χ3v) is 3.16. The van der Waals surface area contributed by atoms with Crippen molar-refractivity contribution in [3.63, 3.8) is 0 Å². The van der Waals surface area contributed by atoms with Gasteiger partial charge >= 0.3 is 0 Å². The molecule has 3 heteroatoms. The van der Waals surface area contributed by atoms with Crippen LogP contribution in [0, 0.1) is 11.8 Å². The molecule has 0 rings (SSSR count). The van der Waals surface area contributed by atoms with Crippen molar-refractivity contribution in [3.05, 3.63) is 0 Å². The highest BCUT2D eigenvalue weighted by Gasteiger charge is 2.13. The first-order valence-corrected chi connectivity index (χ1v) is 6.86. The van der Waals surface area contributed by atoms with Crippen LogP contribution in [0.5, 0.6) is 0 Å². The summed E-state index contributed by atoms with van der Waals surface area (Å²) in [5, 5.41) is 12.7. The van der Waals surface area contributed by atoms with Gasteiger partial charge in [-0.15, -0.1) is 0 Å². The van der Waals surface area contributed by atoms with E-state index >= 15 is 0 Å². The van der Waals surface area contributed by atoms with Crippen molar-refractivity contribution in [1.82, 2.24) is 5.32 Å². The zero-order valence-corrected chi connectivity index (χ0v) is 11.8. The van der Waals surface area contributed by atoms with E-state index in [2.05, 4.69) is 26.1 Å². The second-order valence-electron chi connectivity index (χ2n) is 5.49. The van der Waals surface area contributed by atoms with Crippen LogP contribution in [0.1, 0.15) is 59.8 Å². The van der Waals surface area contributed by atoms with Gasteiger partial charge in [0.05, 0.1) is 6.10 Å². The summed E-state index contributed by atoms with van der Waals surface area (Å²) >= 11 is 0. The largest absolute Gasteiger partial charge is 0.393 e. The van der Waals surface area contributed by atoms with E-state index in [0.29, 0.717) is 11.8 Å². The van der Waals surface area contributed by atoms with Gasteiger partial charge in [-0.25, -0.2) is 0 Å². The molecule has 102 valence electrons. The minimum Gasteiger partial charge on any atom is -0.393 e. The maximum absolute atomic E-state index is 10.6. The van der Waals surface area contributed by atoms with Crippen LogP contribution in [-0.2, 0) is 4.79 Å². The molecule has 0 aliphatic rings. The minimum atomic E-state index is -0.189. The highest BCUT2D eigenvalue weighted by Crippen LogP contribution is 2.18. The predicted molar refractivity (Wildman–Crippen MR) is 71.8 cm³/mol. The molecule has 2 unspecified atom stereocenters. The van der Waals surface area contributed by atoms with Crippen molar-refractivity contribution in [1.29, 1.82) is 0 Å². The van der Waals surface area contributed by atoms with Gasteiger partial charge in [-0.3, -0.25) is 4.79 Å². The lowest BCUT2D eigenvalue weighted by molar-refractivity contribution is -0.118. The van der Waals surface area contributed by atoms with Crippen molar-refractivity contribution in [3.8, 4) is 0 Å². The molecule has 17 heavy (non-hydrogen) atoms. The van der Waals surface area contributed by atoms with Crippen molar-refractivity contribution in [2.75, 3.05) is 6.54 Å². The molecule has 0 heterocycles. The Hall–Kier alpha value is -0.570. The second kappa shape index (κ2) is 9.46. The summed E-state index contributed by atoms with van der Waals surface area (Å²) in [5.74, 6) is 1.12. The third-order valence-electron chi connectivity index (χ3n) is 3.16. The first kappa shape index (κ1) is 16.4. The van der Waals surface area contributed by atoms with Crippen LogP contribution in [0.3, 0.4) is 0 Å². The Kier molecular flexibility index (Phi) is 9.14. The average Bonchev–Trinajstić information content (AvgIpc) is 2.24. The number of carbonyl (C=O) groups excluding carboxylic acids is 1. The fraction of sp³-hybridized carbons (Fsp3) is 0.929. The Balaban J connectivity index is 3.50. The number of rotatable bonds is 9. The van der Waals surface area contributed by atoms with Gasteiger partial charge in [0.2, 0.25) is 5.91 Å². The van der Waals surface area contributed by atoms with Crippen LogP contribution in [-0.4, -0.2) is 23.7 Å². The van der Waals surface area contributed by atoms with Gasteiger partial charge in [0.15, 0.2) is 0 Å². The van der Waals surface area contributed by atoms with E-state index in [1.54, 1.807) is 0 Å². The molecule has 2 N–H and O–H groups in total. The van der Waals surface area contributed by atoms with E-state index in [9.17, 15) is 9.90 Å². The summed E-state index contributed by atoms with van der Waals surface area (Å²) in [6, 6.07) is 0. The molecular formula is C14H29NO2. The molecule has 0 aliphatic heterocycles. The van der Waals surface area contributed by atoms with E-state index in [1.165, 1.54) is 13.3 Å². The molecule has 0 aromatic heterocycles. The number of unbranched alkanes of at least 4 members (excludes halogenated alkanes) is 1. The molecule has 0 aromatic carbocycles. The van der Waals surface area contributed by atoms with Crippen molar-refractivity contribution in [2.45, 2.75) is 65.9 Å². The van der Waals surface area contributed by atoms with Crippen LogP contribution in [0.15, 0.2) is 0 Å². The Bertz CT molecular complexity index is 204. The minimum absolute atomic E-state index is 0.0239. The van der Waals surface area contributed by atoms with E-state index in [4.69, 9.17) is 0 Å². The topological polar surface area (TPSA) is 49.3 Å². The molecule has 0 aliphatic carbocycles. The Morgan fingerprint density at radius 3 is 2.29 bits per heavy atom. The van der Waals surface area contributed by atoms with E-state index in [0.717, 1.165) is 32.2 Å². The molecule has 1 amide bonds. The molecule has 0 saturated heterocycles. The SMILES string of the molecule is CC(=O)NCCCCC(O)C(C)CCC(C)C. The highest BCUT2D eigenvalue weighted by molar-refractivity contribution is 5.72. The molecule has 0 radical (unpaired) electrons. The summed E-state index contributed by atoms with van der Waals surface area (Å²) in [7, 11) is 0. The van der Waals surface area contributed by atoms with Gasteiger partial charge in [0.1, 0.15) is 0 Å². The molecule has 0 aromatic rings. The molecule has 0 fully saturated rings. The van der Waals surface area contributed by atoms with Gasteiger partial charge in [-0.05, 0) is 37.5 Å². The van der Waals surface area contributed by atoms with Gasteiger partial charge in [0.25, 0.3) is 0 Å². The Labute approximate surface area is 106 Å². The standard InChI is InChI=1S/C14H29NO2/c1-11(2)8-9-12(3)14(17)7-5-6-10-15-13(4)16/h11-12,14,17H,5-10H2,1-4H3,(H,15,16). The predicted octanol–water partition coefficient (Wildman–Crippen LogP) is 2.73. The van der Waals surface area contributed by atoms with Crippen LogP contribution >= 0.6 is 0 Å². The lowest BCUT2D eigenvalue weighted by Gasteiger charge is -2.19. The van der Waals surface area contributed by atoms with Gasteiger partial charge in [-0.2, -0.15) is 0 Å². The third kappa shape index (κ3) is 10.3. The monoisotopic (exact) mass is 243 g/mol. The van der Waals surface area contributed by atoms with Gasteiger partial charge in [0, 0.05) is 13.5 Å². The molecule has 2 atom stereocenters. The van der Waals surface area contributed by atoms with E-state index < -0.39 is 0 Å². The number of carbonyl (C=O) groups is 1. The van der Waals surface area contributed by atoms with Crippen LogP contribution in [0.4, 0.5) is 0 Å². The number of amides is 1. The summed E-state index contributed by atoms with van der Waals surface area (Å²) in [6.07, 6.45) is 4.88. The quantitative estimate of drug-likeness (QED) is 0.612. The summed E-state index contributed by atoms with van der Waals surface area (Å²) in [6.45, 7) is 8.81.